The lowest BCUT2D eigenvalue weighted by Gasteiger charge is -2.27. The Balaban J connectivity index is 1.64. The fourth-order valence-corrected chi connectivity index (χ4v) is 3.45. The van der Waals surface area contributed by atoms with E-state index in [1.807, 2.05) is 0 Å². The van der Waals surface area contributed by atoms with Crippen molar-refractivity contribution < 1.29 is 0 Å². The SMILES string of the molecule is C1=CC(N2C[C@@H]3CCCN[C@@H]3C2)CCC1. The third-order valence-electron chi connectivity index (χ3n) is 4.33. The van der Waals surface area contributed by atoms with E-state index in [4.69, 9.17) is 0 Å². The second kappa shape index (κ2) is 4.26. The van der Waals surface area contributed by atoms with Crippen LogP contribution in [0.2, 0.25) is 0 Å². The van der Waals surface area contributed by atoms with Crippen molar-refractivity contribution in [1.82, 2.24) is 10.2 Å². The van der Waals surface area contributed by atoms with Crippen molar-refractivity contribution in [2.75, 3.05) is 19.6 Å². The van der Waals surface area contributed by atoms with Crippen molar-refractivity contribution >= 4 is 0 Å². The molecule has 0 saturated carbocycles. The van der Waals surface area contributed by atoms with Gasteiger partial charge in [0.15, 0.2) is 0 Å². The van der Waals surface area contributed by atoms with E-state index in [9.17, 15) is 0 Å². The van der Waals surface area contributed by atoms with E-state index in [2.05, 4.69) is 22.4 Å². The second-order valence-electron chi connectivity index (χ2n) is 5.34. The lowest BCUT2D eigenvalue weighted by molar-refractivity contribution is 0.252. The van der Waals surface area contributed by atoms with Gasteiger partial charge in [-0.05, 0) is 44.6 Å². The maximum Gasteiger partial charge on any atom is 0.0279 e. The third kappa shape index (κ3) is 1.98. The van der Waals surface area contributed by atoms with Crippen molar-refractivity contribution in [3.63, 3.8) is 0 Å². The molecule has 0 radical (unpaired) electrons. The topological polar surface area (TPSA) is 15.3 Å². The molecule has 84 valence electrons. The molecule has 15 heavy (non-hydrogen) atoms. The number of rotatable bonds is 1. The predicted octanol–water partition coefficient (Wildman–Crippen LogP) is 1.78. The van der Waals surface area contributed by atoms with Crippen molar-refractivity contribution in [2.24, 2.45) is 5.92 Å². The quantitative estimate of drug-likeness (QED) is 0.658. The standard InChI is InChI=1S/C13H22N2/c1-2-6-12(7-3-1)15-9-11-5-4-8-14-13(11)10-15/h2,6,11-14H,1,3-5,7-10H2/t11-,12?,13+/m0/s1. The van der Waals surface area contributed by atoms with Gasteiger partial charge in [-0.1, -0.05) is 12.2 Å². The molecule has 3 rings (SSSR count). The molecule has 2 saturated heterocycles. The summed E-state index contributed by atoms with van der Waals surface area (Å²) in [5.41, 5.74) is 0. The summed E-state index contributed by atoms with van der Waals surface area (Å²) >= 11 is 0. The average molecular weight is 206 g/mol. The number of piperidine rings is 1. The number of fused-ring (bicyclic) bond motifs is 1. The highest BCUT2D eigenvalue weighted by atomic mass is 15.2. The first-order valence-electron chi connectivity index (χ1n) is 6.57. The third-order valence-corrected chi connectivity index (χ3v) is 4.33. The molecule has 0 aromatic rings. The first-order valence-corrected chi connectivity index (χ1v) is 6.57. The van der Waals surface area contributed by atoms with E-state index in [0.29, 0.717) is 0 Å². The minimum Gasteiger partial charge on any atom is -0.312 e. The lowest BCUT2D eigenvalue weighted by atomic mass is 9.94. The van der Waals surface area contributed by atoms with E-state index in [0.717, 1.165) is 18.0 Å². The van der Waals surface area contributed by atoms with Crippen LogP contribution in [0.25, 0.3) is 0 Å². The highest BCUT2D eigenvalue weighted by molar-refractivity contribution is 5.03. The van der Waals surface area contributed by atoms with Crippen molar-refractivity contribution in [1.29, 1.82) is 0 Å². The molecule has 0 bridgehead atoms. The molecule has 1 aliphatic carbocycles. The Bertz CT molecular complexity index is 235. The summed E-state index contributed by atoms with van der Waals surface area (Å²) in [4.78, 5) is 2.71. The molecule has 2 nitrogen and oxygen atoms in total. The summed E-state index contributed by atoms with van der Waals surface area (Å²) in [5, 5.41) is 3.68. The van der Waals surface area contributed by atoms with Gasteiger partial charge in [-0.25, -0.2) is 0 Å². The zero-order chi connectivity index (χ0) is 10.1. The van der Waals surface area contributed by atoms with Crippen LogP contribution in [0.1, 0.15) is 32.1 Å². The summed E-state index contributed by atoms with van der Waals surface area (Å²) in [7, 11) is 0. The molecule has 3 atom stereocenters. The van der Waals surface area contributed by atoms with Gasteiger partial charge in [-0.2, -0.15) is 0 Å². The Morgan fingerprint density at radius 2 is 2.13 bits per heavy atom. The van der Waals surface area contributed by atoms with Crippen LogP contribution >= 0.6 is 0 Å². The highest BCUT2D eigenvalue weighted by Crippen LogP contribution is 2.28. The molecule has 2 heteroatoms. The van der Waals surface area contributed by atoms with E-state index < -0.39 is 0 Å². The zero-order valence-corrected chi connectivity index (χ0v) is 9.49. The van der Waals surface area contributed by atoms with Crippen LogP contribution in [0.3, 0.4) is 0 Å². The van der Waals surface area contributed by atoms with Crippen molar-refractivity contribution in [3.8, 4) is 0 Å². The van der Waals surface area contributed by atoms with Gasteiger partial charge >= 0.3 is 0 Å². The highest BCUT2D eigenvalue weighted by Gasteiger charge is 2.36. The first kappa shape index (κ1) is 9.86. The van der Waals surface area contributed by atoms with Gasteiger partial charge in [0.2, 0.25) is 0 Å². The summed E-state index contributed by atoms with van der Waals surface area (Å²) < 4.78 is 0. The second-order valence-corrected chi connectivity index (χ2v) is 5.34. The molecule has 0 aromatic carbocycles. The number of hydrogen-bond donors (Lipinski definition) is 1. The van der Waals surface area contributed by atoms with Gasteiger partial charge < -0.3 is 5.32 Å². The van der Waals surface area contributed by atoms with E-state index in [1.165, 1.54) is 51.7 Å². The average Bonchev–Trinajstić information content (AvgIpc) is 2.74. The Morgan fingerprint density at radius 1 is 1.13 bits per heavy atom. The maximum atomic E-state index is 3.68. The summed E-state index contributed by atoms with van der Waals surface area (Å²) in [6.07, 6.45) is 11.7. The van der Waals surface area contributed by atoms with Crippen LogP contribution in [0, 0.1) is 5.92 Å². The normalized spacial score (nSPS) is 41.7. The minimum atomic E-state index is 0.756. The van der Waals surface area contributed by atoms with Gasteiger partial charge in [-0.15, -0.1) is 0 Å². The Morgan fingerprint density at radius 3 is 2.93 bits per heavy atom. The largest absolute Gasteiger partial charge is 0.312 e. The van der Waals surface area contributed by atoms with Crippen LogP contribution < -0.4 is 5.32 Å². The number of nitrogens with zero attached hydrogens (tertiary/aromatic N) is 1. The van der Waals surface area contributed by atoms with E-state index >= 15 is 0 Å². The molecule has 0 aromatic heterocycles. The van der Waals surface area contributed by atoms with Crippen LogP contribution in [0.4, 0.5) is 0 Å². The van der Waals surface area contributed by atoms with Gasteiger partial charge in [-0.3, -0.25) is 4.90 Å². The van der Waals surface area contributed by atoms with Crippen LogP contribution in [0.15, 0.2) is 12.2 Å². The van der Waals surface area contributed by atoms with Gasteiger partial charge in [0.25, 0.3) is 0 Å². The fourth-order valence-electron chi connectivity index (χ4n) is 3.45. The van der Waals surface area contributed by atoms with E-state index in [1.54, 1.807) is 0 Å². The molecule has 2 aliphatic heterocycles. The van der Waals surface area contributed by atoms with Crippen molar-refractivity contribution in [3.05, 3.63) is 12.2 Å². The summed E-state index contributed by atoms with van der Waals surface area (Å²) in [5.74, 6) is 0.939. The smallest absolute Gasteiger partial charge is 0.0279 e. The minimum absolute atomic E-state index is 0.756. The molecular formula is C13H22N2. The lowest BCUT2D eigenvalue weighted by Crippen LogP contribution is -2.41. The van der Waals surface area contributed by atoms with E-state index in [-0.39, 0.29) is 0 Å². The molecule has 2 heterocycles. The Labute approximate surface area is 92.7 Å². The number of allylic oxidation sites excluding steroid dienone is 1. The molecular weight excluding hydrogens is 184 g/mol. The van der Waals surface area contributed by atoms with Crippen LogP contribution in [-0.2, 0) is 0 Å². The summed E-state index contributed by atoms with van der Waals surface area (Å²) in [6.45, 7) is 3.88. The van der Waals surface area contributed by atoms with Crippen LogP contribution in [-0.4, -0.2) is 36.6 Å². The van der Waals surface area contributed by atoms with Gasteiger partial charge in [0, 0.05) is 25.2 Å². The molecule has 2 fully saturated rings. The van der Waals surface area contributed by atoms with Crippen LogP contribution in [0.5, 0.6) is 0 Å². The maximum absolute atomic E-state index is 3.68. The first-order chi connectivity index (χ1) is 7.43. The summed E-state index contributed by atoms with van der Waals surface area (Å²) in [6, 6.07) is 1.56. The Kier molecular flexibility index (Phi) is 2.80. The number of hydrogen-bond acceptors (Lipinski definition) is 2. The number of nitrogens with one attached hydrogen (secondary N) is 1. The molecule has 0 amide bonds. The molecule has 1 unspecified atom stereocenters. The molecule has 3 aliphatic rings. The Hall–Kier alpha value is -0.340. The molecule has 0 spiro atoms. The fraction of sp³-hybridized carbons (Fsp3) is 0.846. The predicted molar refractivity (Wildman–Crippen MR) is 62.9 cm³/mol. The van der Waals surface area contributed by atoms with Gasteiger partial charge in [0.05, 0.1) is 0 Å². The van der Waals surface area contributed by atoms with Crippen molar-refractivity contribution in [2.45, 2.75) is 44.2 Å². The molecule has 1 N–H and O–H groups in total. The zero-order valence-electron chi connectivity index (χ0n) is 9.49. The van der Waals surface area contributed by atoms with Gasteiger partial charge in [0.1, 0.15) is 0 Å². The number of likely N-dealkylation sites (tertiary alicyclic amines) is 1. The monoisotopic (exact) mass is 206 g/mol.